The van der Waals surface area contributed by atoms with Crippen LogP contribution in [0.2, 0.25) is 0 Å². The summed E-state index contributed by atoms with van der Waals surface area (Å²) in [6.07, 6.45) is 0. The quantitative estimate of drug-likeness (QED) is 0.872. The van der Waals surface area contributed by atoms with E-state index in [0.717, 1.165) is 0 Å². The second-order valence-electron chi connectivity index (χ2n) is 5.47. The molecule has 2 nitrogen and oxygen atoms in total. The molecule has 0 fully saturated rings. The fraction of sp³-hybridized carbons (Fsp3) is 0.333. The molecule has 2 rings (SSSR count). The van der Waals surface area contributed by atoms with E-state index in [9.17, 15) is 0 Å². The minimum atomic E-state index is 0.477. The lowest BCUT2D eigenvalue weighted by Gasteiger charge is -2.21. The maximum absolute atomic E-state index is 5.64. The van der Waals surface area contributed by atoms with Gasteiger partial charge in [0, 0.05) is 13.1 Å². The van der Waals surface area contributed by atoms with E-state index in [1.165, 1.54) is 22.3 Å². The van der Waals surface area contributed by atoms with Crippen molar-refractivity contribution in [1.82, 2.24) is 0 Å². The van der Waals surface area contributed by atoms with E-state index < -0.39 is 0 Å². The first-order valence-electron chi connectivity index (χ1n) is 7.23. The Kier molecular flexibility index (Phi) is 4.94. The lowest BCUT2D eigenvalue weighted by atomic mass is 9.83. The third-order valence-corrected chi connectivity index (χ3v) is 4.23. The van der Waals surface area contributed by atoms with Crippen molar-refractivity contribution in [3.63, 3.8) is 0 Å². The van der Waals surface area contributed by atoms with Gasteiger partial charge in [-0.3, -0.25) is 0 Å². The van der Waals surface area contributed by atoms with Gasteiger partial charge in [-0.25, -0.2) is 0 Å². The SMILES string of the molecule is CC(c1ccc(CN)cc1)C(C)c1ccc(CN)cc1. The lowest BCUT2D eigenvalue weighted by Crippen LogP contribution is -2.06. The van der Waals surface area contributed by atoms with Crippen LogP contribution in [0, 0.1) is 0 Å². The second-order valence-corrected chi connectivity index (χ2v) is 5.47. The van der Waals surface area contributed by atoms with Gasteiger partial charge in [0.05, 0.1) is 0 Å². The van der Waals surface area contributed by atoms with Gasteiger partial charge < -0.3 is 11.5 Å². The van der Waals surface area contributed by atoms with Crippen LogP contribution in [-0.4, -0.2) is 0 Å². The standard InChI is InChI=1S/C18H24N2/c1-13(17-7-3-15(11-19)4-8-17)14(2)18-9-5-16(12-20)6-10-18/h3-10,13-14H,11-12,19-20H2,1-2H3. The predicted octanol–water partition coefficient (Wildman–Crippen LogP) is 3.51. The van der Waals surface area contributed by atoms with Crippen molar-refractivity contribution in [3.8, 4) is 0 Å². The first-order valence-corrected chi connectivity index (χ1v) is 7.23. The van der Waals surface area contributed by atoms with Crippen molar-refractivity contribution in [2.75, 3.05) is 0 Å². The molecule has 0 aliphatic heterocycles. The molecule has 0 aliphatic rings. The Morgan fingerprint density at radius 1 is 0.650 bits per heavy atom. The fourth-order valence-electron chi connectivity index (χ4n) is 2.49. The van der Waals surface area contributed by atoms with Crippen LogP contribution in [0.4, 0.5) is 0 Å². The minimum Gasteiger partial charge on any atom is -0.326 e. The average molecular weight is 268 g/mol. The highest BCUT2D eigenvalue weighted by molar-refractivity contribution is 5.31. The third kappa shape index (κ3) is 3.27. The smallest absolute Gasteiger partial charge is 0.0178 e. The highest BCUT2D eigenvalue weighted by Crippen LogP contribution is 2.32. The first kappa shape index (κ1) is 14.8. The van der Waals surface area contributed by atoms with Crippen LogP contribution >= 0.6 is 0 Å². The van der Waals surface area contributed by atoms with E-state index >= 15 is 0 Å². The van der Waals surface area contributed by atoms with Crippen LogP contribution in [0.3, 0.4) is 0 Å². The molecule has 0 aliphatic carbocycles. The summed E-state index contributed by atoms with van der Waals surface area (Å²) >= 11 is 0. The molecule has 0 aromatic heterocycles. The van der Waals surface area contributed by atoms with E-state index in [2.05, 4.69) is 62.4 Å². The molecule has 2 heteroatoms. The molecule has 0 bridgehead atoms. The molecule has 0 spiro atoms. The van der Waals surface area contributed by atoms with Crippen LogP contribution in [0.25, 0.3) is 0 Å². The van der Waals surface area contributed by atoms with Crippen molar-refractivity contribution in [2.24, 2.45) is 11.5 Å². The number of hydrogen-bond donors (Lipinski definition) is 2. The summed E-state index contributed by atoms with van der Waals surface area (Å²) in [5.41, 5.74) is 16.4. The van der Waals surface area contributed by atoms with Gasteiger partial charge in [-0.05, 0) is 34.1 Å². The van der Waals surface area contributed by atoms with E-state index in [1.807, 2.05) is 0 Å². The largest absolute Gasteiger partial charge is 0.326 e. The molecule has 2 aromatic carbocycles. The van der Waals surface area contributed by atoms with Gasteiger partial charge in [-0.2, -0.15) is 0 Å². The van der Waals surface area contributed by atoms with Crippen LogP contribution in [0.5, 0.6) is 0 Å². The lowest BCUT2D eigenvalue weighted by molar-refractivity contribution is 0.623. The molecule has 2 atom stereocenters. The summed E-state index contributed by atoms with van der Waals surface area (Å²) in [4.78, 5) is 0. The van der Waals surface area contributed by atoms with Crippen molar-refractivity contribution in [1.29, 1.82) is 0 Å². The third-order valence-electron chi connectivity index (χ3n) is 4.23. The maximum Gasteiger partial charge on any atom is 0.0178 e. The first-order chi connectivity index (χ1) is 9.65. The Morgan fingerprint density at radius 2 is 0.950 bits per heavy atom. The van der Waals surface area contributed by atoms with Gasteiger partial charge in [-0.15, -0.1) is 0 Å². The molecular formula is C18H24N2. The number of hydrogen-bond acceptors (Lipinski definition) is 2. The zero-order valence-corrected chi connectivity index (χ0v) is 12.3. The summed E-state index contributed by atoms with van der Waals surface area (Å²) < 4.78 is 0. The van der Waals surface area contributed by atoms with Crippen molar-refractivity contribution < 1.29 is 0 Å². The Bertz CT molecular complexity index is 477. The van der Waals surface area contributed by atoms with Gasteiger partial charge in [0.15, 0.2) is 0 Å². The number of rotatable bonds is 5. The average Bonchev–Trinajstić information content (AvgIpc) is 2.53. The van der Waals surface area contributed by atoms with Crippen molar-refractivity contribution in [2.45, 2.75) is 38.8 Å². The molecule has 2 aromatic rings. The molecule has 0 saturated heterocycles. The van der Waals surface area contributed by atoms with Crippen LogP contribution in [0.1, 0.15) is 47.9 Å². The van der Waals surface area contributed by atoms with Gasteiger partial charge in [0.25, 0.3) is 0 Å². The number of benzene rings is 2. The topological polar surface area (TPSA) is 52.0 Å². The minimum absolute atomic E-state index is 0.477. The highest BCUT2D eigenvalue weighted by atomic mass is 14.5. The maximum atomic E-state index is 5.64. The monoisotopic (exact) mass is 268 g/mol. The predicted molar refractivity (Wildman–Crippen MR) is 85.5 cm³/mol. The molecule has 20 heavy (non-hydrogen) atoms. The molecule has 2 unspecified atom stereocenters. The van der Waals surface area contributed by atoms with Crippen molar-refractivity contribution >= 4 is 0 Å². The molecule has 0 heterocycles. The fourth-order valence-corrected chi connectivity index (χ4v) is 2.49. The Labute approximate surface area is 121 Å². The zero-order valence-electron chi connectivity index (χ0n) is 12.3. The van der Waals surface area contributed by atoms with Gasteiger partial charge >= 0.3 is 0 Å². The molecule has 4 N–H and O–H groups in total. The summed E-state index contributed by atoms with van der Waals surface area (Å²) in [7, 11) is 0. The van der Waals surface area contributed by atoms with Crippen LogP contribution in [0.15, 0.2) is 48.5 Å². The molecule has 0 amide bonds. The van der Waals surface area contributed by atoms with E-state index in [1.54, 1.807) is 0 Å². The Hall–Kier alpha value is -1.64. The van der Waals surface area contributed by atoms with Gasteiger partial charge in [-0.1, -0.05) is 62.4 Å². The second kappa shape index (κ2) is 6.69. The van der Waals surface area contributed by atoms with E-state index in [4.69, 9.17) is 11.5 Å². The molecular weight excluding hydrogens is 244 g/mol. The highest BCUT2D eigenvalue weighted by Gasteiger charge is 2.16. The Balaban J connectivity index is 2.15. The Morgan fingerprint density at radius 3 is 1.20 bits per heavy atom. The summed E-state index contributed by atoms with van der Waals surface area (Å²) in [5.74, 6) is 0.955. The summed E-state index contributed by atoms with van der Waals surface area (Å²) in [5, 5.41) is 0. The van der Waals surface area contributed by atoms with E-state index in [0.29, 0.717) is 24.9 Å². The zero-order chi connectivity index (χ0) is 14.5. The van der Waals surface area contributed by atoms with Crippen molar-refractivity contribution in [3.05, 3.63) is 70.8 Å². The van der Waals surface area contributed by atoms with Gasteiger partial charge in [0.2, 0.25) is 0 Å². The normalized spacial score (nSPS) is 14.0. The number of nitrogens with two attached hydrogens (primary N) is 2. The summed E-state index contributed by atoms with van der Waals surface area (Å²) in [6.45, 7) is 5.76. The molecule has 0 saturated carbocycles. The molecule has 0 radical (unpaired) electrons. The molecule has 106 valence electrons. The van der Waals surface area contributed by atoms with Crippen LogP contribution < -0.4 is 11.5 Å². The summed E-state index contributed by atoms with van der Waals surface area (Å²) in [6, 6.07) is 17.3. The van der Waals surface area contributed by atoms with E-state index in [-0.39, 0.29) is 0 Å². The van der Waals surface area contributed by atoms with Crippen LogP contribution in [-0.2, 0) is 13.1 Å². The van der Waals surface area contributed by atoms with Gasteiger partial charge in [0.1, 0.15) is 0 Å².